The average molecular weight is 596 g/mol. The van der Waals surface area contributed by atoms with E-state index in [1.54, 1.807) is 36.3 Å². The zero-order valence-corrected chi connectivity index (χ0v) is 24.5. The summed E-state index contributed by atoms with van der Waals surface area (Å²) in [6, 6.07) is 12.6. The number of benzene rings is 2. The van der Waals surface area contributed by atoms with Gasteiger partial charge in [-0.25, -0.2) is 4.90 Å². The lowest BCUT2D eigenvalue weighted by Gasteiger charge is -2.31. The van der Waals surface area contributed by atoms with E-state index in [0.29, 0.717) is 53.4 Å². The first kappa shape index (κ1) is 27.6. The molecule has 0 bridgehead atoms. The highest BCUT2D eigenvalue weighted by Gasteiger charge is 2.57. The van der Waals surface area contributed by atoms with Crippen LogP contribution in [0.1, 0.15) is 21.9 Å². The second-order valence-electron chi connectivity index (χ2n) is 10.1. The molecule has 6 rings (SSSR count). The normalized spacial score (nSPS) is 22.0. The first-order valence-electron chi connectivity index (χ1n) is 13.2. The van der Waals surface area contributed by atoms with Crippen molar-refractivity contribution in [2.75, 3.05) is 45.4 Å². The van der Waals surface area contributed by atoms with Crippen LogP contribution in [0.2, 0.25) is 0 Å². The summed E-state index contributed by atoms with van der Waals surface area (Å²) in [6.45, 7) is 3.63. The lowest BCUT2D eigenvalue weighted by atomic mass is 9.83. The van der Waals surface area contributed by atoms with E-state index in [4.69, 9.17) is 14.2 Å². The summed E-state index contributed by atoms with van der Waals surface area (Å²) in [5.74, 6) is -1.19. The molecular formula is C29H29N3O7S2. The third-order valence-corrected chi connectivity index (χ3v) is 10.4. The molecule has 214 valence electrons. The number of aromatic nitrogens is 1. The Hall–Kier alpha value is -3.61. The second-order valence-corrected chi connectivity index (χ2v) is 12.2. The lowest BCUT2D eigenvalue weighted by Crippen LogP contribution is -2.43. The molecule has 0 N–H and O–H groups in total. The molecule has 41 heavy (non-hydrogen) atoms. The van der Waals surface area contributed by atoms with Gasteiger partial charge < -0.3 is 19.1 Å². The molecule has 2 saturated heterocycles. The molecule has 0 spiro atoms. The second kappa shape index (κ2) is 11.0. The van der Waals surface area contributed by atoms with Crippen molar-refractivity contribution in [3.05, 3.63) is 68.1 Å². The number of fused-ring (bicyclic) bond motifs is 2. The summed E-state index contributed by atoms with van der Waals surface area (Å²) in [6.07, 6.45) is 0. The number of ether oxygens (including phenoxy) is 3. The maximum absolute atomic E-state index is 14.1. The highest BCUT2D eigenvalue weighted by molar-refractivity contribution is 8.00. The minimum atomic E-state index is -0.770. The zero-order valence-electron chi connectivity index (χ0n) is 22.8. The highest BCUT2D eigenvalue weighted by atomic mass is 32.2. The van der Waals surface area contributed by atoms with Gasteiger partial charge in [-0.05, 0) is 36.8 Å². The number of carbonyl (C=O) groups excluding carboxylic acids is 3. The number of hydrogen-bond donors (Lipinski definition) is 0. The summed E-state index contributed by atoms with van der Waals surface area (Å²) in [7, 11) is 3.07. The van der Waals surface area contributed by atoms with Gasteiger partial charge in [0.25, 0.3) is 0 Å². The molecule has 2 aromatic carbocycles. The van der Waals surface area contributed by atoms with Gasteiger partial charge in [0.1, 0.15) is 11.8 Å². The molecule has 3 atom stereocenters. The Bertz CT molecular complexity index is 1580. The minimum absolute atomic E-state index is 0.141. The summed E-state index contributed by atoms with van der Waals surface area (Å²) in [4.78, 5) is 57.8. The maximum Gasteiger partial charge on any atom is 0.308 e. The maximum atomic E-state index is 14.1. The molecule has 2 fully saturated rings. The van der Waals surface area contributed by atoms with Gasteiger partial charge in [0, 0.05) is 23.9 Å². The largest absolute Gasteiger partial charge is 0.493 e. The van der Waals surface area contributed by atoms with Gasteiger partial charge in [-0.1, -0.05) is 46.9 Å². The fraction of sp³-hybridized carbons (Fsp3) is 0.379. The van der Waals surface area contributed by atoms with Gasteiger partial charge in [0.05, 0.1) is 44.1 Å². The monoisotopic (exact) mass is 595 g/mol. The van der Waals surface area contributed by atoms with Crippen molar-refractivity contribution in [3.8, 4) is 11.5 Å². The number of amides is 3. The third kappa shape index (κ3) is 4.73. The SMILES string of the molecule is COc1ccc([C@H]2c3sc(=O)n(CC(=O)N4CCOCC4)c3SC3C(=O)N(c4ccc(C)cc4)C(=O)C32)cc1OC. The molecule has 0 radical (unpaired) electrons. The Morgan fingerprint density at radius 1 is 0.976 bits per heavy atom. The fourth-order valence-corrected chi connectivity index (χ4v) is 8.43. The lowest BCUT2D eigenvalue weighted by molar-refractivity contribution is -0.136. The van der Waals surface area contributed by atoms with E-state index in [1.807, 2.05) is 25.1 Å². The molecule has 3 amide bonds. The molecule has 3 aliphatic heterocycles. The van der Waals surface area contributed by atoms with E-state index in [9.17, 15) is 19.2 Å². The van der Waals surface area contributed by atoms with E-state index < -0.39 is 17.1 Å². The van der Waals surface area contributed by atoms with Crippen molar-refractivity contribution in [3.63, 3.8) is 0 Å². The number of carbonyl (C=O) groups is 3. The number of hydrogen-bond acceptors (Lipinski definition) is 9. The number of thioether (sulfide) groups is 1. The van der Waals surface area contributed by atoms with Crippen molar-refractivity contribution in [2.45, 2.75) is 29.7 Å². The quantitative estimate of drug-likeness (QED) is 0.401. The number of nitrogens with zero attached hydrogens (tertiary/aromatic N) is 3. The number of imide groups is 1. The topological polar surface area (TPSA) is 107 Å². The van der Waals surface area contributed by atoms with Crippen LogP contribution >= 0.6 is 23.1 Å². The van der Waals surface area contributed by atoms with Crippen molar-refractivity contribution in [1.82, 2.24) is 9.47 Å². The number of methoxy groups -OCH3 is 2. The smallest absolute Gasteiger partial charge is 0.308 e. The molecule has 3 aromatic rings. The Morgan fingerprint density at radius 3 is 2.37 bits per heavy atom. The van der Waals surface area contributed by atoms with Crippen LogP contribution in [0.15, 0.2) is 52.3 Å². The van der Waals surface area contributed by atoms with Gasteiger partial charge in [-0.3, -0.25) is 23.7 Å². The Kier molecular flexibility index (Phi) is 7.39. The Morgan fingerprint density at radius 2 is 1.68 bits per heavy atom. The molecular weight excluding hydrogens is 566 g/mol. The first-order chi connectivity index (χ1) is 19.8. The Labute approximate surface area is 244 Å². The molecule has 0 saturated carbocycles. The van der Waals surface area contributed by atoms with Gasteiger partial charge in [0.15, 0.2) is 11.5 Å². The van der Waals surface area contributed by atoms with E-state index in [1.165, 1.54) is 28.3 Å². The Balaban J connectivity index is 1.46. The molecule has 1 aromatic heterocycles. The summed E-state index contributed by atoms with van der Waals surface area (Å²) >= 11 is 2.22. The molecule has 12 heteroatoms. The van der Waals surface area contributed by atoms with Crippen molar-refractivity contribution in [1.29, 1.82) is 0 Å². The summed E-state index contributed by atoms with van der Waals surface area (Å²) in [5.41, 5.74) is 2.24. The molecule has 3 aliphatic rings. The van der Waals surface area contributed by atoms with Gasteiger partial charge in [-0.15, -0.1) is 0 Å². The highest BCUT2D eigenvalue weighted by Crippen LogP contribution is 2.54. The van der Waals surface area contributed by atoms with E-state index in [-0.39, 0.29) is 29.1 Å². The summed E-state index contributed by atoms with van der Waals surface area (Å²) < 4.78 is 17.8. The van der Waals surface area contributed by atoms with Gasteiger partial charge in [0.2, 0.25) is 17.7 Å². The van der Waals surface area contributed by atoms with Crippen LogP contribution in [0.25, 0.3) is 0 Å². The van der Waals surface area contributed by atoms with Crippen molar-refractivity contribution >= 4 is 46.5 Å². The van der Waals surface area contributed by atoms with Crippen LogP contribution in [-0.2, 0) is 25.7 Å². The standard InChI is InChI=1S/C29H29N3O7S2/c1-16-4-7-18(8-5-16)32-26(34)23-22(17-6-9-19(37-2)20(14-17)38-3)25-28(40-24(23)27(32)35)31(29(36)41-25)15-21(33)30-10-12-39-13-11-30/h4-9,14,22-24H,10-13,15H2,1-3H3/t22-,23?,24?/m1/s1. The van der Waals surface area contributed by atoms with Crippen LogP contribution in [-0.4, -0.2) is 73.0 Å². The van der Waals surface area contributed by atoms with Crippen molar-refractivity contribution < 1.29 is 28.6 Å². The third-order valence-electron chi connectivity index (χ3n) is 7.77. The number of rotatable bonds is 6. The first-order valence-corrected chi connectivity index (χ1v) is 14.9. The van der Waals surface area contributed by atoms with E-state index >= 15 is 0 Å². The average Bonchev–Trinajstić information content (AvgIpc) is 3.43. The van der Waals surface area contributed by atoms with Crippen LogP contribution in [0.5, 0.6) is 11.5 Å². The molecule has 4 heterocycles. The summed E-state index contributed by atoms with van der Waals surface area (Å²) in [5, 5.41) is -0.220. The van der Waals surface area contributed by atoms with E-state index in [0.717, 1.165) is 22.5 Å². The van der Waals surface area contributed by atoms with E-state index in [2.05, 4.69) is 0 Å². The number of anilines is 1. The molecule has 10 nitrogen and oxygen atoms in total. The van der Waals surface area contributed by atoms with Gasteiger partial charge >= 0.3 is 4.87 Å². The number of thiazole rings is 1. The fourth-order valence-electron chi connectivity index (χ4n) is 5.66. The van der Waals surface area contributed by atoms with Crippen LogP contribution in [0.3, 0.4) is 0 Å². The minimum Gasteiger partial charge on any atom is -0.493 e. The zero-order chi connectivity index (χ0) is 28.8. The number of aryl methyl sites for hydroxylation is 1. The van der Waals surface area contributed by atoms with Crippen molar-refractivity contribution in [2.24, 2.45) is 5.92 Å². The predicted molar refractivity (Wildman–Crippen MR) is 154 cm³/mol. The van der Waals surface area contributed by atoms with Crippen LogP contribution in [0.4, 0.5) is 5.69 Å². The number of morpholine rings is 1. The molecule has 0 aliphatic carbocycles. The van der Waals surface area contributed by atoms with Crippen LogP contribution < -0.4 is 19.2 Å². The van der Waals surface area contributed by atoms with Gasteiger partial charge in [-0.2, -0.15) is 0 Å². The van der Waals surface area contributed by atoms with Crippen LogP contribution in [0, 0.1) is 12.8 Å². The molecule has 2 unspecified atom stereocenters. The predicted octanol–water partition coefficient (Wildman–Crippen LogP) is 2.89.